The Hall–Kier alpha value is -1.06. The molecule has 1 aromatic carbocycles. The summed E-state index contributed by atoms with van der Waals surface area (Å²) < 4.78 is 19.2. The molecule has 0 aliphatic rings. The van der Waals surface area contributed by atoms with Crippen molar-refractivity contribution in [2.75, 3.05) is 0 Å². The van der Waals surface area contributed by atoms with Gasteiger partial charge in [0.1, 0.15) is 5.69 Å². The highest BCUT2D eigenvalue weighted by molar-refractivity contribution is 6.33. The van der Waals surface area contributed by atoms with Crippen molar-refractivity contribution in [2.45, 2.75) is 32.3 Å². The minimum absolute atomic E-state index is 0.117. The molecule has 0 saturated carbocycles. The van der Waals surface area contributed by atoms with Gasteiger partial charge in [-0.1, -0.05) is 28.9 Å². The van der Waals surface area contributed by atoms with Crippen molar-refractivity contribution >= 4 is 23.2 Å². The van der Waals surface area contributed by atoms with Crippen LogP contribution in [0, 0.1) is 6.92 Å². The molecule has 0 fully saturated rings. The Morgan fingerprint density at radius 3 is 2.58 bits per heavy atom. The van der Waals surface area contributed by atoms with Crippen LogP contribution in [0.2, 0.25) is 5.02 Å². The molecule has 5 heteroatoms. The number of halogens is 3. The van der Waals surface area contributed by atoms with E-state index in [-0.39, 0.29) is 11.6 Å². The second-order valence-electron chi connectivity index (χ2n) is 4.88. The van der Waals surface area contributed by atoms with E-state index in [1.807, 2.05) is 19.1 Å². The van der Waals surface area contributed by atoms with Gasteiger partial charge in [-0.3, -0.25) is 0 Å². The fraction of sp³-hybridized carbons (Fsp3) is 0.357. The maximum atomic E-state index is 14.1. The smallest absolute Gasteiger partial charge is 0.178 e. The first kappa shape index (κ1) is 14.4. The van der Waals surface area contributed by atoms with Gasteiger partial charge in [0, 0.05) is 11.1 Å². The predicted molar refractivity (Wildman–Crippen MR) is 75.4 cm³/mol. The predicted octanol–water partition coefficient (Wildman–Crippen LogP) is 5.25. The molecule has 0 aliphatic heterocycles. The van der Waals surface area contributed by atoms with Crippen molar-refractivity contribution in [3.8, 4) is 11.3 Å². The van der Waals surface area contributed by atoms with E-state index in [9.17, 15) is 4.39 Å². The zero-order valence-electron chi connectivity index (χ0n) is 10.9. The van der Waals surface area contributed by atoms with Crippen molar-refractivity contribution < 1.29 is 8.91 Å². The number of aromatic nitrogens is 1. The van der Waals surface area contributed by atoms with Gasteiger partial charge in [-0.2, -0.15) is 0 Å². The zero-order chi connectivity index (χ0) is 14.2. The summed E-state index contributed by atoms with van der Waals surface area (Å²) in [4.78, 5) is 0. The monoisotopic (exact) mass is 301 g/mol. The number of aryl methyl sites for hydroxylation is 1. The third-order valence-corrected chi connectivity index (χ3v) is 3.50. The van der Waals surface area contributed by atoms with Crippen LogP contribution in [-0.4, -0.2) is 5.16 Å². The highest BCUT2D eigenvalue weighted by Crippen LogP contribution is 2.38. The van der Waals surface area contributed by atoms with E-state index in [4.69, 9.17) is 27.7 Å². The average molecular weight is 302 g/mol. The fourth-order valence-corrected chi connectivity index (χ4v) is 2.59. The van der Waals surface area contributed by atoms with Gasteiger partial charge in [0.25, 0.3) is 0 Å². The van der Waals surface area contributed by atoms with Crippen LogP contribution in [0.3, 0.4) is 0 Å². The number of hydrogen-bond acceptors (Lipinski definition) is 2. The van der Waals surface area contributed by atoms with Crippen LogP contribution in [0.1, 0.15) is 30.7 Å². The Bertz CT molecular complexity index is 582. The van der Waals surface area contributed by atoms with E-state index in [2.05, 4.69) is 5.16 Å². The number of rotatable bonds is 3. The largest absolute Gasteiger partial charge is 0.357 e. The van der Waals surface area contributed by atoms with Crippen LogP contribution < -0.4 is 0 Å². The molecule has 0 N–H and O–H groups in total. The van der Waals surface area contributed by atoms with Crippen LogP contribution in [0.5, 0.6) is 0 Å². The van der Waals surface area contributed by atoms with Crippen LogP contribution in [0.25, 0.3) is 11.3 Å². The third-order valence-electron chi connectivity index (χ3n) is 2.92. The third kappa shape index (κ3) is 2.63. The van der Waals surface area contributed by atoms with Gasteiger partial charge in [-0.25, -0.2) is 4.39 Å². The maximum Gasteiger partial charge on any atom is 0.178 e. The molecule has 1 heterocycles. The van der Waals surface area contributed by atoms with Gasteiger partial charge < -0.3 is 4.52 Å². The molecule has 2 aromatic rings. The second kappa shape index (κ2) is 5.14. The summed E-state index contributed by atoms with van der Waals surface area (Å²) in [7, 11) is 0. The fourth-order valence-electron chi connectivity index (χ4n) is 2.03. The lowest BCUT2D eigenvalue weighted by molar-refractivity contribution is 0.162. The minimum atomic E-state index is -1.63. The van der Waals surface area contributed by atoms with E-state index >= 15 is 0 Å². The second-order valence-corrected chi connectivity index (χ2v) is 5.55. The van der Waals surface area contributed by atoms with E-state index in [1.54, 1.807) is 6.07 Å². The van der Waals surface area contributed by atoms with Gasteiger partial charge >= 0.3 is 0 Å². The standard InChI is InChI=1S/C14H14Cl2FNO/c1-8-5-4-6-10(16)11(8)12-9(7-15)13(19-18-12)14(2,3)17/h4-6H,7H2,1-3H3. The molecule has 0 amide bonds. The molecule has 0 aliphatic carbocycles. The Morgan fingerprint density at radius 2 is 2.05 bits per heavy atom. The quantitative estimate of drug-likeness (QED) is 0.724. The van der Waals surface area contributed by atoms with E-state index in [1.165, 1.54) is 13.8 Å². The number of benzene rings is 1. The van der Waals surface area contributed by atoms with Crippen molar-refractivity contribution in [3.63, 3.8) is 0 Å². The van der Waals surface area contributed by atoms with Gasteiger partial charge in [0.15, 0.2) is 11.4 Å². The lowest BCUT2D eigenvalue weighted by Gasteiger charge is -2.12. The molecule has 102 valence electrons. The average Bonchev–Trinajstić information content (AvgIpc) is 2.72. The summed E-state index contributed by atoms with van der Waals surface area (Å²) in [6, 6.07) is 5.52. The molecule has 0 spiro atoms. The zero-order valence-corrected chi connectivity index (χ0v) is 12.4. The van der Waals surface area contributed by atoms with Crippen LogP contribution in [-0.2, 0) is 11.5 Å². The van der Waals surface area contributed by atoms with Gasteiger partial charge in [-0.05, 0) is 32.4 Å². The molecule has 0 radical (unpaired) electrons. The summed E-state index contributed by atoms with van der Waals surface area (Å²) >= 11 is 12.1. The maximum absolute atomic E-state index is 14.1. The Labute approximate surface area is 121 Å². The lowest BCUT2D eigenvalue weighted by atomic mass is 9.98. The van der Waals surface area contributed by atoms with E-state index < -0.39 is 5.67 Å². The molecule has 0 bridgehead atoms. The summed E-state index contributed by atoms with van der Waals surface area (Å²) in [6.45, 7) is 4.73. The SMILES string of the molecule is Cc1cccc(Cl)c1-c1noc(C(C)(C)F)c1CCl. The Morgan fingerprint density at radius 1 is 1.37 bits per heavy atom. The van der Waals surface area contributed by atoms with Gasteiger partial charge in [0.2, 0.25) is 0 Å². The molecule has 0 unspecified atom stereocenters. The lowest BCUT2D eigenvalue weighted by Crippen LogP contribution is -2.10. The molecule has 0 atom stereocenters. The Balaban J connectivity index is 2.68. The summed E-state index contributed by atoms with van der Waals surface area (Å²) in [5.74, 6) is 0.267. The summed E-state index contributed by atoms with van der Waals surface area (Å²) in [5.41, 5.74) is 1.10. The van der Waals surface area contributed by atoms with Gasteiger partial charge in [-0.15, -0.1) is 11.6 Å². The van der Waals surface area contributed by atoms with Crippen molar-refractivity contribution in [1.82, 2.24) is 5.16 Å². The topological polar surface area (TPSA) is 26.0 Å². The Kier molecular flexibility index (Phi) is 3.88. The summed E-state index contributed by atoms with van der Waals surface area (Å²) in [5, 5.41) is 4.51. The minimum Gasteiger partial charge on any atom is -0.357 e. The van der Waals surface area contributed by atoms with Crippen molar-refractivity contribution in [2.24, 2.45) is 0 Å². The van der Waals surface area contributed by atoms with Crippen LogP contribution >= 0.6 is 23.2 Å². The van der Waals surface area contributed by atoms with Crippen molar-refractivity contribution in [3.05, 3.63) is 40.1 Å². The van der Waals surface area contributed by atoms with Crippen molar-refractivity contribution in [1.29, 1.82) is 0 Å². The first-order valence-electron chi connectivity index (χ1n) is 5.85. The molecule has 1 aromatic heterocycles. The number of alkyl halides is 2. The number of hydrogen-bond donors (Lipinski definition) is 0. The first-order chi connectivity index (χ1) is 8.86. The molecular weight excluding hydrogens is 288 g/mol. The number of nitrogens with zero attached hydrogens (tertiary/aromatic N) is 1. The van der Waals surface area contributed by atoms with Gasteiger partial charge in [0.05, 0.1) is 10.9 Å². The van der Waals surface area contributed by atoms with E-state index in [0.29, 0.717) is 16.3 Å². The molecular formula is C14H14Cl2FNO. The summed E-state index contributed by atoms with van der Waals surface area (Å²) in [6.07, 6.45) is 0. The van der Waals surface area contributed by atoms with Crippen LogP contribution in [0.4, 0.5) is 4.39 Å². The van der Waals surface area contributed by atoms with Crippen LogP contribution in [0.15, 0.2) is 22.7 Å². The highest BCUT2D eigenvalue weighted by atomic mass is 35.5. The highest BCUT2D eigenvalue weighted by Gasteiger charge is 2.31. The van der Waals surface area contributed by atoms with E-state index in [0.717, 1.165) is 11.1 Å². The first-order valence-corrected chi connectivity index (χ1v) is 6.77. The molecule has 2 rings (SSSR count). The molecule has 19 heavy (non-hydrogen) atoms. The molecule has 0 saturated heterocycles. The molecule has 2 nitrogen and oxygen atoms in total. The normalized spacial score (nSPS) is 11.9.